The number of rotatable bonds is 4. The number of carbonyl (C=O) groups is 1. The second-order valence-electron chi connectivity index (χ2n) is 7.05. The van der Waals surface area contributed by atoms with Gasteiger partial charge in [-0.05, 0) is 42.8 Å². The van der Waals surface area contributed by atoms with Gasteiger partial charge in [-0.1, -0.05) is 6.07 Å². The fourth-order valence-corrected chi connectivity index (χ4v) is 4.24. The number of anilines is 1. The van der Waals surface area contributed by atoms with E-state index in [1.807, 2.05) is 17.5 Å². The number of carbonyl (C=O) groups excluding carboxylic acids is 1. The number of nitrogens with zero attached hydrogens (tertiary/aromatic N) is 3. The summed E-state index contributed by atoms with van der Waals surface area (Å²) in [4.78, 5) is 33.2. The summed E-state index contributed by atoms with van der Waals surface area (Å²) in [6, 6.07) is 8.05. The van der Waals surface area contributed by atoms with Crippen molar-refractivity contribution in [2.45, 2.75) is 19.3 Å². The standard InChI is InChI=1S/C21H15F2N5O2S/c22-11-6-7-12(14(23)9-11)19(29)25-18-10-16(17-5-2-8-31-17)27-28(18)21-24-15-4-1-3-13(15)20(30)26-21/h2,5-10H,1,3-4H2,(H,25,29)(H,24,26,30). The topological polar surface area (TPSA) is 92.7 Å². The first-order valence-corrected chi connectivity index (χ1v) is 10.4. The number of aryl methyl sites for hydroxylation is 1. The van der Waals surface area contributed by atoms with Crippen LogP contribution in [0.25, 0.3) is 16.5 Å². The Labute approximate surface area is 178 Å². The third-order valence-electron chi connectivity index (χ3n) is 5.03. The molecule has 1 aliphatic rings. The van der Waals surface area contributed by atoms with Crippen molar-refractivity contribution in [1.29, 1.82) is 0 Å². The molecular weight excluding hydrogens is 424 g/mol. The van der Waals surface area contributed by atoms with Crippen LogP contribution in [0.1, 0.15) is 28.0 Å². The summed E-state index contributed by atoms with van der Waals surface area (Å²) in [7, 11) is 0. The Hall–Kier alpha value is -3.66. The Morgan fingerprint density at radius 2 is 2.06 bits per heavy atom. The summed E-state index contributed by atoms with van der Waals surface area (Å²) in [6.45, 7) is 0. The maximum atomic E-state index is 14.1. The van der Waals surface area contributed by atoms with Crippen LogP contribution >= 0.6 is 11.3 Å². The van der Waals surface area contributed by atoms with Crippen molar-refractivity contribution in [3.05, 3.63) is 80.6 Å². The van der Waals surface area contributed by atoms with Crippen molar-refractivity contribution in [2.75, 3.05) is 5.32 Å². The number of hydrogen-bond acceptors (Lipinski definition) is 5. The van der Waals surface area contributed by atoms with Crippen molar-refractivity contribution >= 4 is 23.1 Å². The first kappa shape index (κ1) is 19.3. The van der Waals surface area contributed by atoms with Crippen molar-refractivity contribution in [1.82, 2.24) is 19.7 Å². The van der Waals surface area contributed by atoms with E-state index >= 15 is 0 Å². The lowest BCUT2D eigenvalue weighted by atomic mass is 10.2. The zero-order valence-corrected chi connectivity index (χ0v) is 16.8. The third-order valence-corrected chi connectivity index (χ3v) is 5.92. The molecule has 2 N–H and O–H groups in total. The van der Waals surface area contributed by atoms with Crippen LogP contribution in [0.15, 0.2) is 46.6 Å². The van der Waals surface area contributed by atoms with Gasteiger partial charge in [-0.3, -0.25) is 14.6 Å². The summed E-state index contributed by atoms with van der Waals surface area (Å²) in [5.41, 5.74) is 1.35. The summed E-state index contributed by atoms with van der Waals surface area (Å²) < 4.78 is 28.6. The number of aromatic amines is 1. The van der Waals surface area contributed by atoms with Crippen molar-refractivity contribution in [2.24, 2.45) is 0 Å². The quantitative estimate of drug-likeness (QED) is 0.507. The molecule has 0 unspecified atom stereocenters. The van der Waals surface area contributed by atoms with E-state index in [-0.39, 0.29) is 22.9 Å². The van der Waals surface area contributed by atoms with Gasteiger partial charge in [0.1, 0.15) is 23.1 Å². The van der Waals surface area contributed by atoms with Gasteiger partial charge < -0.3 is 5.32 Å². The monoisotopic (exact) mass is 439 g/mol. The zero-order chi connectivity index (χ0) is 21.5. The Morgan fingerprint density at radius 1 is 1.19 bits per heavy atom. The Morgan fingerprint density at radius 3 is 2.84 bits per heavy atom. The van der Waals surface area contributed by atoms with Gasteiger partial charge in [0.25, 0.3) is 11.5 Å². The van der Waals surface area contributed by atoms with Gasteiger partial charge in [0.15, 0.2) is 0 Å². The molecule has 3 heterocycles. The van der Waals surface area contributed by atoms with Gasteiger partial charge in [0, 0.05) is 17.7 Å². The molecule has 1 amide bonds. The normalized spacial score (nSPS) is 12.7. The van der Waals surface area contributed by atoms with Crippen LogP contribution in [-0.4, -0.2) is 25.7 Å². The van der Waals surface area contributed by atoms with Crippen molar-refractivity contribution < 1.29 is 13.6 Å². The minimum Gasteiger partial charge on any atom is -0.306 e. The molecule has 5 rings (SSSR count). The van der Waals surface area contributed by atoms with Crippen LogP contribution in [0.3, 0.4) is 0 Å². The highest BCUT2D eigenvalue weighted by atomic mass is 32.1. The first-order valence-electron chi connectivity index (χ1n) is 9.52. The van der Waals surface area contributed by atoms with Crippen LogP contribution in [-0.2, 0) is 12.8 Å². The average molecular weight is 439 g/mol. The van der Waals surface area contributed by atoms with Gasteiger partial charge in [-0.25, -0.2) is 13.8 Å². The van der Waals surface area contributed by atoms with E-state index in [0.29, 0.717) is 35.9 Å². The van der Waals surface area contributed by atoms with Gasteiger partial charge >= 0.3 is 0 Å². The molecule has 0 fully saturated rings. The summed E-state index contributed by atoms with van der Waals surface area (Å²) in [5, 5.41) is 8.98. The fraction of sp³-hybridized carbons (Fsp3) is 0.143. The van der Waals surface area contributed by atoms with Gasteiger partial charge in [0.2, 0.25) is 5.95 Å². The number of aromatic nitrogens is 4. The highest BCUT2D eigenvalue weighted by molar-refractivity contribution is 7.13. The van der Waals surface area contributed by atoms with Crippen LogP contribution < -0.4 is 10.9 Å². The zero-order valence-electron chi connectivity index (χ0n) is 16.0. The highest BCUT2D eigenvalue weighted by Crippen LogP contribution is 2.28. The molecule has 0 atom stereocenters. The predicted molar refractivity (Wildman–Crippen MR) is 112 cm³/mol. The minimum atomic E-state index is -0.980. The van der Waals surface area contributed by atoms with Crippen LogP contribution in [0, 0.1) is 11.6 Å². The molecule has 10 heteroatoms. The Kier molecular flexibility index (Phi) is 4.70. The van der Waals surface area contributed by atoms with Gasteiger partial charge in [-0.15, -0.1) is 11.3 Å². The number of H-pyrrole nitrogens is 1. The van der Waals surface area contributed by atoms with Crippen molar-refractivity contribution in [3.8, 4) is 16.5 Å². The molecule has 4 aromatic rings. The molecule has 1 aliphatic carbocycles. The smallest absolute Gasteiger partial charge is 0.259 e. The number of amides is 1. The maximum Gasteiger partial charge on any atom is 0.259 e. The SMILES string of the molecule is O=C(Nc1cc(-c2cccs2)nn1-c1nc2c(c(=O)[nH]1)CCC2)c1ccc(F)cc1F. The lowest BCUT2D eigenvalue weighted by Gasteiger charge is -2.09. The molecule has 0 bridgehead atoms. The average Bonchev–Trinajstić information content (AvgIpc) is 3.48. The fourth-order valence-electron chi connectivity index (χ4n) is 3.56. The molecule has 3 aromatic heterocycles. The van der Waals surface area contributed by atoms with E-state index in [2.05, 4.69) is 20.4 Å². The molecule has 7 nitrogen and oxygen atoms in total. The second kappa shape index (κ2) is 7.55. The van der Waals surface area contributed by atoms with Gasteiger partial charge in [-0.2, -0.15) is 9.78 Å². The first-order chi connectivity index (χ1) is 15.0. The number of hydrogen-bond donors (Lipinski definition) is 2. The Bertz CT molecular complexity index is 1360. The van der Waals surface area contributed by atoms with Crippen LogP contribution in [0.5, 0.6) is 0 Å². The minimum absolute atomic E-state index is 0.156. The summed E-state index contributed by atoms with van der Waals surface area (Å²) >= 11 is 1.45. The molecular formula is C21H15F2N5O2S. The molecule has 0 radical (unpaired) electrons. The lowest BCUT2D eigenvalue weighted by molar-refractivity contribution is 0.102. The Balaban J connectivity index is 1.59. The molecule has 0 spiro atoms. The molecule has 0 aliphatic heterocycles. The summed E-state index contributed by atoms with van der Waals surface area (Å²) in [6.07, 6.45) is 2.21. The van der Waals surface area contributed by atoms with E-state index in [4.69, 9.17) is 0 Å². The van der Waals surface area contributed by atoms with E-state index < -0.39 is 17.5 Å². The highest BCUT2D eigenvalue weighted by Gasteiger charge is 2.22. The number of fused-ring (bicyclic) bond motifs is 1. The second-order valence-corrected chi connectivity index (χ2v) is 8.00. The summed E-state index contributed by atoms with van der Waals surface area (Å²) in [5.74, 6) is -2.19. The largest absolute Gasteiger partial charge is 0.306 e. The van der Waals surface area contributed by atoms with E-state index in [9.17, 15) is 18.4 Å². The molecule has 31 heavy (non-hydrogen) atoms. The van der Waals surface area contributed by atoms with E-state index in [1.165, 1.54) is 16.0 Å². The number of halogens is 2. The van der Waals surface area contributed by atoms with E-state index in [0.717, 1.165) is 23.4 Å². The van der Waals surface area contributed by atoms with E-state index in [1.54, 1.807) is 6.07 Å². The van der Waals surface area contributed by atoms with Crippen LogP contribution in [0.4, 0.5) is 14.6 Å². The molecule has 0 saturated carbocycles. The molecule has 1 aromatic carbocycles. The number of benzene rings is 1. The van der Waals surface area contributed by atoms with Gasteiger partial charge in [0.05, 0.1) is 16.1 Å². The molecule has 0 saturated heterocycles. The number of thiophene rings is 1. The predicted octanol–water partition coefficient (Wildman–Crippen LogP) is 3.70. The van der Waals surface area contributed by atoms with Crippen molar-refractivity contribution in [3.63, 3.8) is 0 Å². The lowest BCUT2D eigenvalue weighted by Crippen LogP contribution is -2.21. The molecule has 156 valence electrons. The maximum absolute atomic E-state index is 14.1. The van der Waals surface area contributed by atoms with Crippen LogP contribution in [0.2, 0.25) is 0 Å². The number of nitrogens with one attached hydrogen (secondary N) is 2. The third kappa shape index (κ3) is 3.55.